The molecule has 2 aromatic rings. The Morgan fingerprint density at radius 1 is 1.24 bits per heavy atom. The van der Waals surface area contributed by atoms with Crippen molar-refractivity contribution in [3.8, 4) is 11.3 Å². The van der Waals surface area contributed by atoms with E-state index in [1.54, 1.807) is 0 Å². The van der Waals surface area contributed by atoms with Gasteiger partial charge in [0.2, 0.25) is 5.91 Å². The van der Waals surface area contributed by atoms with E-state index in [-0.39, 0.29) is 5.91 Å². The van der Waals surface area contributed by atoms with Gasteiger partial charge < -0.3 is 15.2 Å². The number of aliphatic carboxylic acids is 1. The lowest BCUT2D eigenvalue weighted by Crippen LogP contribution is -2.47. The predicted molar refractivity (Wildman–Crippen MR) is 95.8 cm³/mol. The molecule has 2 atom stereocenters. The van der Waals surface area contributed by atoms with Crippen molar-refractivity contribution in [2.24, 2.45) is 16.7 Å². The smallest absolute Gasteiger partial charge is 0.232 e. The third-order valence-corrected chi connectivity index (χ3v) is 6.56. The predicted octanol–water partition coefficient (Wildman–Crippen LogP) is 2.94. The molecule has 1 aromatic heterocycles. The number of rotatable bonds is 4. The van der Waals surface area contributed by atoms with Gasteiger partial charge in [-0.25, -0.2) is 4.98 Å². The van der Waals surface area contributed by atoms with Crippen molar-refractivity contribution in [2.75, 3.05) is 5.32 Å². The van der Waals surface area contributed by atoms with Crippen molar-refractivity contribution in [3.05, 3.63) is 35.7 Å². The number of carboxylic acid groups (broad SMARTS) is 1. The van der Waals surface area contributed by atoms with Crippen molar-refractivity contribution in [1.82, 2.24) is 4.98 Å². The van der Waals surface area contributed by atoms with Gasteiger partial charge in [0.25, 0.3) is 0 Å². The number of carbonyl (C=O) groups is 2. The maximum absolute atomic E-state index is 12.9. The Balaban J connectivity index is 1.79. The minimum Gasteiger partial charge on any atom is -0.550 e. The van der Waals surface area contributed by atoms with Gasteiger partial charge in [-0.1, -0.05) is 51.1 Å². The monoisotopic (exact) mass is 357 g/mol. The number of aromatic nitrogens is 1. The van der Waals surface area contributed by atoms with E-state index in [9.17, 15) is 14.7 Å². The van der Waals surface area contributed by atoms with E-state index in [4.69, 9.17) is 0 Å². The molecule has 1 fully saturated rings. The highest BCUT2D eigenvalue weighted by Crippen LogP contribution is 2.56. The zero-order valence-electron chi connectivity index (χ0n) is 14.5. The average Bonchev–Trinajstić information content (AvgIpc) is 3.12. The zero-order valence-corrected chi connectivity index (χ0v) is 15.4. The lowest BCUT2D eigenvalue weighted by atomic mass is 9.65. The first-order valence-electron chi connectivity index (χ1n) is 8.29. The van der Waals surface area contributed by atoms with Crippen LogP contribution in [0.3, 0.4) is 0 Å². The highest BCUT2D eigenvalue weighted by Gasteiger charge is 2.56. The molecule has 25 heavy (non-hydrogen) atoms. The van der Waals surface area contributed by atoms with Crippen LogP contribution in [-0.4, -0.2) is 16.9 Å². The van der Waals surface area contributed by atoms with Crippen molar-refractivity contribution < 1.29 is 14.7 Å². The maximum Gasteiger partial charge on any atom is 0.232 e. The fraction of sp³-hybridized carbons (Fsp3) is 0.421. The van der Waals surface area contributed by atoms with Crippen LogP contribution < -0.4 is 10.4 Å². The van der Waals surface area contributed by atoms with E-state index >= 15 is 0 Å². The summed E-state index contributed by atoms with van der Waals surface area (Å²) in [5, 5.41) is 16.7. The summed E-state index contributed by atoms with van der Waals surface area (Å²) >= 11 is 1.37. The quantitative estimate of drug-likeness (QED) is 0.912. The summed E-state index contributed by atoms with van der Waals surface area (Å²) in [6.07, 6.45) is 0.966. The standard InChI is InChI=1S/C19H22N2O3S/c1-18(2)13(15(22)23)9-10-19(18,3)16(24)21-17-20-14(11-25-17)12-7-5-4-6-8-12/h4-8,11,13H,9-10H2,1-3H3,(H,22,23)(H,20,21,24)/p-1/t13-,19-/m1/s1. The number of hydrogen-bond donors (Lipinski definition) is 1. The minimum absolute atomic E-state index is 0.185. The summed E-state index contributed by atoms with van der Waals surface area (Å²) < 4.78 is 0. The molecule has 1 aliphatic rings. The van der Waals surface area contributed by atoms with Gasteiger partial charge in [-0.3, -0.25) is 4.79 Å². The summed E-state index contributed by atoms with van der Waals surface area (Å²) in [5.41, 5.74) is 0.333. The van der Waals surface area contributed by atoms with Gasteiger partial charge in [-0.05, 0) is 18.3 Å². The molecule has 0 saturated heterocycles. The maximum atomic E-state index is 12.9. The fourth-order valence-electron chi connectivity index (χ4n) is 3.63. The summed E-state index contributed by atoms with van der Waals surface area (Å²) in [6.45, 7) is 5.49. The molecule has 3 rings (SSSR count). The van der Waals surface area contributed by atoms with E-state index in [0.29, 0.717) is 18.0 Å². The number of benzene rings is 1. The van der Waals surface area contributed by atoms with Crippen molar-refractivity contribution in [1.29, 1.82) is 0 Å². The number of thiazole rings is 1. The number of hydrogen-bond acceptors (Lipinski definition) is 5. The van der Waals surface area contributed by atoms with Crippen molar-refractivity contribution in [3.63, 3.8) is 0 Å². The average molecular weight is 357 g/mol. The molecular weight excluding hydrogens is 336 g/mol. The number of carboxylic acids is 1. The molecular formula is C19H21N2O3S-. The molecule has 0 unspecified atom stereocenters. The lowest BCUT2D eigenvalue weighted by Gasteiger charge is -2.40. The Bertz CT molecular complexity index is 800. The second kappa shape index (κ2) is 6.26. The van der Waals surface area contributed by atoms with Crippen LogP contribution in [0.5, 0.6) is 0 Å². The molecule has 1 aliphatic carbocycles. The van der Waals surface area contributed by atoms with E-state index < -0.39 is 22.7 Å². The summed E-state index contributed by atoms with van der Waals surface area (Å²) in [6, 6.07) is 9.75. The Kier molecular flexibility index (Phi) is 4.41. The van der Waals surface area contributed by atoms with Crippen LogP contribution in [0.25, 0.3) is 11.3 Å². The first-order valence-corrected chi connectivity index (χ1v) is 9.17. The normalized spacial score (nSPS) is 24.8. The molecule has 6 heteroatoms. The van der Waals surface area contributed by atoms with Gasteiger partial charge in [0.15, 0.2) is 5.13 Å². The number of nitrogens with zero attached hydrogens (tertiary/aromatic N) is 1. The topological polar surface area (TPSA) is 82.1 Å². The molecule has 1 N–H and O–H groups in total. The highest BCUT2D eigenvalue weighted by molar-refractivity contribution is 7.14. The van der Waals surface area contributed by atoms with Crippen LogP contribution in [-0.2, 0) is 9.59 Å². The van der Waals surface area contributed by atoms with Gasteiger partial charge in [0, 0.05) is 22.8 Å². The van der Waals surface area contributed by atoms with E-state index in [1.165, 1.54) is 11.3 Å². The number of carbonyl (C=O) groups excluding carboxylic acids is 2. The van der Waals surface area contributed by atoms with Crippen LogP contribution in [0.15, 0.2) is 35.7 Å². The van der Waals surface area contributed by atoms with E-state index in [0.717, 1.165) is 11.3 Å². The van der Waals surface area contributed by atoms with Crippen LogP contribution in [0, 0.1) is 16.7 Å². The molecule has 1 saturated carbocycles. The van der Waals surface area contributed by atoms with Gasteiger partial charge in [0.1, 0.15) is 0 Å². The lowest BCUT2D eigenvalue weighted by molar-refractivity contribution is -0.314. The van der Waals surface area contributed by atoms with E-state index in [2.05, 4.69) is 10.3 Å². The van der Waals surface area contributed by atoms with Crippen LogP contribution in [0.2, 0.25) is 0 Å². The SMILES string of the molecule is CC1(C)[C@@H](C(=O)[O-])CC[C@]1(C)C(=O)Nc1nc(-c2ccccc2)cs1. The van der Waals surface area contributed by atoms with Crippen molar-refractivity contribution in [2.45, 2.75) is 33.6 Å². The Hall–Kier alpha value is -2.21. The number of anilines is 1. The molecule has 0 spiro atoms. The van der Waals surface area contributed by atoms with Gasteiger partial charge in [-0.2, -0.15) is 0 Å². The first kappa shape index (κ1) is 17.6. The van der Waals surface area contributed by atoms with Crippen LogP contribution >= 0.6 is 11.3 Å². The van der Waals surface area contributed by atoms with Gasteiger partial charge >= 0.3 is 0 Å². The fourth-order valence-corrected chi connectivity index (χ4v) is 4.34. The summed E-state index contributed by atoms with van der Waals surface area (Å²) in [4.78, 5) is 28.8. The second-order valence-corrected chi connectivity index (χ2v) is 8.18. The summed E-state index contributed by atoms with van der Waals surface area (Å²) in [5.74, 6) is -1.89. The van der Waals surface area contributed by atoms with Gasteiger partial charge in [-0.15, -0.1) is 11.3 Å². The van der Waals surface area contributed by atoms with Crippen LogP contribution in [0.4, 0.5) is 5.13 Å². The molecule has 1 heterocycles. The van der Waals surface area contributed by atoms with Crippen LogP contribution in [0.1, 0.15) is 33.6 Å². The molecule has 1 amide bonds. The Morgan fingerprint density at radius 3 is 2.52 bits per heavy atom. The molecule has 0 aliphatic heterocycles. The number of nitrogens with one attached hydrogen (secondary N) is 1. The third kappa shape index (κ3) is 2.95. The second-order valence-electron chi connectivity index (χ2n) is 7.32. The Morgan fingerprint density at radius 2 is 1.92 bits per heavy atom. The highest BCUT2D eigenvalue weighted by atomic mass is 32.1. The summed E-state index contributed by atoms with van der Waals surface area (Å²) in [7, 11) is 0. The first-order chi connectivity index (χ1) is 11.8. The zero-order chi connectivity index (χ0) is 18.2. The molecule has 0 bridgehead atoms. The number of amides is 1. The minimum atomic E-state index is -1.08. The van der Waals surface area contributed by atoms with E-state index in [1.807, 2.05) is 56.5 Å². The molecule has 5 nitrogen and oxygen atoms in total. The third-order valence-electron chi connectivity index (χ3n) is 5.81. The van der Waals surface area contributed by atoms with Gasteiger partial charge in [0.05, 0.1) is 11.1 Å². The van der Waals surface area contributed by atoms with Crippen molar-refractivity contribution >= 4 is 28.3 Å². The Labute approximate surface area is 151 Å². The molecule has 132 valence electrons. The largest absolute Gasteiger partial charge is 0.550 e. The molecule has 0 radical (unpaired) electrons. The molecule has 1 aromatic carbocycles.